The monoisotopic (exact) mass is 425 g/mol. The van der Waals surface area contributed by atoms with Gasteiger partial charge >= 0.3 is 12.0 Å². The molecule has 0 radical (unpaired) electrons. The second kappa shape index (κ2) is 9.36. The van der Waals surface area contributed by atoms with E-state index < -0.39 is 5.97 Å². The van der Waals surface area contributed by atoms with Crippen molar-refractivity contribution in [1.82, 2.24) is 10.2 Å². The van der Waals surface area contributed by atoms with Gasteiger partial charge in [-0.2, -0.15) is 0 Å². The third-order valence-corrected chi connectivity index (χ3v) is 5.92. The Bertz CT molecular complexity index is 933. The Labute approximate surface area is 181 Å². The number of benzene rings is 2. The highest BCUT2D eigenvalue weighted by atomic mass is 16.5. The van der Waals surface area contributed by atoms with Gasteiger partial charge in [0, 0.05) is 31.4 Å². The van der Waals surface area contributed by atoms with E-state index in [9.17, 15) is 14.7 Å². The predicted octanol–water partition coefficient (Wildman–Crippen LogP) is 2.95. The maximum Gasteiger partial charge on any atom is 0.336 e. The van der Waals surface area contributed by atoms with Crippen LogP contribution in [-0.4, -0.2) is 60.5 Å². The molecule has 0 spiro atoms. The number of anilines is 1. The van der Waals surface area contributed by atoms with E-state index in [0.29, 0.717) is 30.4 Å². The van der Waals surface area contributed by atoms with Crippen LogP contribution in [0, 0.1) is 0 Å². The molecular formula is C23H27N3O5. The predicted molar refractivity (Wildman–Crippen MR) is 116 cm³/mol. The molecule has 0 bridgehead atoms. The van der Waals surface area contributed by atoms with Crippen LogP contribution in [0.3, 0.4) is 0 Å². The molecule has 3 atom stereocenters. The van der Waals surface area contributed by atoms with Gasteiger partial charge in [0.15, 0.2) is 0 Å². The van der Waals surface area contributed by atoms with Gasteiger partial charge in [0.2, 0.25) is 0 Å². The van der Waals surface area contributed by atoms with Crippen LogP contribution in [0.25, 0.3) is 0 Å². The first kappa shape index (κ1) is 21.1. The molecule has 0 aliphatic carbocycles. The number of fused-ring (bicyclic) bond motifs is 1. The minimum absolute atomic E-state index is 0.0173. The quantitative estimate of drug-likeness (QED) is 0.631. The summed E-state index contributed by atoms with van der Waals surface area (Å²) in [5.41, 5.74) is 1.87. The van der Waals surface area contributed by atoms with Crippen molar-refractivity contribution in [2.75, 3.05) is 25.5 Å². The van der Waals surface area contributed by atoms with Gasteiger partial charge in [0.1, 0.15) is 5.75 Å². The van der Waals surface area contributed by atoms with Crippen molar-refractivity contribution >= 4 is 17.7 Å². The highest BCUT2D eigenvalue weighted by molar-refractivity contribution is 5.89. The molecule has 31 heavy (non-hydrogen) atoms. The summed E-state index contributed by atoms with van der Waals surface area (Å²) in [4.78, 5) is 25.8. The Balaban J connectivity index is 1.21. The summed E-state index contributed by atoms with van der Waals surface area (Å²) in [6, 6.07) is 14.3. The Morgan fingerprint density at radius 3 is 2.65 bits per heavy atom. The van der Waals surface area contributed by atoms with Crippen LogP contribution in [0.15, 0.2) is 48.5 Å². The van der Waals surface area contributed by atoms with E-state index in [1.54, 1.807) is 43.5 Å². The summed E-state index contributed by atoms with van der Waals surface area (Å²) in [6.07, 6.45) is 1.92. The lowest BCUT2D eigenvalue weighted by atomic mass is 9.88. The first-order valence-corrected chi connectivity index (χ1v) is 10.4. The summed E-state index contributed by atoms with van der Waals surface area (Å²) < 4.78 is 11.3. The molecule has 164 valence electrons. The zero-order valence-electron chi connectivity index (χ0n) is 17.4. The molecule has 2 aromatic carbocycles. The molecule has 0 unspecified atom stereocenters. The van der Waals surface area contributed by atoms with E-state index in [1.807, 2.05) is 12.1 Å². The molecule has 8 nitrogen and oxygen atoms in total. The summed E-state index contributed by atoms with van der Waals surface area (Å²) in [7, 11) is 1.60. The first-order valence-electron chi connectivity index (χ1n) is 10.4. The van der Waals surface area contributed by atoms with Crippen LogP contribution < -0.4 is 15.4 Å². The topological polar surface area (TPSA) is 100 Å². The average Bonchev–Trinajstić information content (AvgIpc) is 2.77. The molecule has 3 N–H and O–H groups in total. The molecule has 2 aromatic rings. The molecule has 2 aliphatic rings. The number of carboxylic acids is 1. The number of amides is 2. The first-order chi connectivity index (χ1) is 15.0. The molecule has 0 aromatic heterocycles. The van der Waals surface area contributed by atoms with Gasteiger partial charge in [-0.3, -0.25) is 4.90 Å². The van der Waals surface area contributed by atoms with Crippen molar-refractivity contribution < 1.29 is 24.2 Å². The van der Waals surface area contributed by atoms with Crippen molar-refractivity contribution in [2.24, 2.45) is 0 Å². The Hall–Kier alpha value is -3.10. The van der Waals surface area contributed by atoms with Crippen molar-refractivity contribution in [3.63, 3.8) is 0 Å². The number of nitrogens with zero attached hydrogens (tertiary/aromatic N) is 1. The second-order valence-corrected chi connectivity index (χ2v) is 7.90. The van der Waals surface area contributed by atoms with Crippen LogP contribution in [0.2, 0.25) is 0 Å². The summed E-state index contributed by atoms with van der Waals surface area (Å²) in [5.74, 6) is -0.163. The molecule has 8 heteroatoms. The van der Waals surface area contributed by atoms with Crippen molar-refractivity contribution in [1.29, 1.82) is 0 Å². The largest absolute Gasteiger partial charge is 0.497 e. The normalized spacial score (nSPS) is 22.7. The van der Waals surface area contributed by atoms with Crippen molar-refractivity contribution in [2.45, 2.75) is 37.6 Å². The number of nitrogens with one attached hydrogen (secondary N) is 2. The maximum atomic E-state index is 12.1. The second-order valence-electron chi connectivity index (χ2n) is 7.90. The third-order valence-electron chi connectivity index (χ3n) is 5.92. The molecule has 2 fully saturated rings. The number of hydrogen-bond acceptors (Lipinski definition) is 5. The van der Waals surface area contributed by atoms with Crippen LogP contribution in [0.1, 0.15) is 28.8 Å². The fraction of sp³-hybridized carbons (Fsp3) is 0.391. The van der Waals surface area contributed by atoms with Crippen LogP contribution >= 0.6 is 0 Å². The van der Waals surface area contributed by atoms with Gasteiger partial charge in [-0.05, 0) is 48.7 Å². The van der Waals surface area contributed by atoms with E-state index >= 15 is 0 Å². The molecule has 2 saturated heterocycles. The number of urea groups is 1. The standard InChI is InChI=1S/C23H27N3O5/c1-30-17-8-6-16(7-9-17)25-23(29)24-12-18-10-11-20-21(31-18)14-26(20)13-15-4-2-3-5-19(15)22(27)28/h2-9,18,20-21H,10-14H2,1H3,(H,27,28)(H2,24,25,29)/t18-,20+,21+/m1/s1. The lowest BCUT2D eigenvalue weighted by molar-refractivity contribution is -0.168. The average molecular weight is 425 g/mol. The van der Waals surface area contributed by atoms with Gasteiger partial charge in [-0.25, -0.2) is 9.59 Å². The van der Waals surface area contributed by atoms with Crippen molar-refractivity contribution in [3.8, 4) is 5.75 Å². The molecule has 4 rings (SSSR count). The Morgan fingerprint density at radius 1 is 1.16 bits per heavy atom. The zero-order chi connectivity index (χ0) is 21.8. The summed E-state index contributed by atoms with van der Waals surface area (Å²) in [6.45, 7) is 1.83. The SMILES string of the molecule is COc1ccc(NC(=O)NC[C@H]2CC[C@H]3[C@H](CN3Cc3ccccc3C(=O)O)O2)cc1. The number of ether oxygens (including phenoxy) is 2. The smallest absolute Gasteiger partial charge is 0.336 e. The Morgan fingerprint density at radius 2 is 1.94 bits per heavy atom. The molecule has 0 saturated carbocycles. The van der Waals surface area contributed by atoms with E-state index in [-0.39, 0.29) is 18.2 Å². The highest BCUT2D eigenvalue weighted by Gasteiger charge is 2.44. The number of hydrogen-bond donors (Lipinski definition) is 3. The van der Waals surface area contributed by atoms with Crippen molar-refractivity contribution in [3.05, 3.63) is 59.7 Å². The lowest BCUT2D eigenvalue weighted by Gasteiger charge is -2.52. The fourth-order valence-electron chi connectivity index (χ4n) is 4.23. The number of carbonyl (C=O) groups excluding carboxylic acids is 1. The van der Waals surface area contributed by atoms with Crippen LogP contribution in [-0.2, 0) is 11.3 Å². The van der Waals surface area contributed by atoms with Gasteiger partial charge in [0.05, 0.1) is 24.9 Å². The number of carboxylic acid groups (broad SMARTS) is 1. The molecular weight excluding hydrogens is 398 g/mol. The zero-order valence-corrected chi connectivity index (χ0v) is 17.4. The minimum atomic E-state index is -0.897. The van der Waals surface area contributed by atoms with Gasteiger partial charge in [0.25, 0.3) is 0 Å². The van der Waals surface area contributed by atoms with E-state index in [1.165, 1.54) is 0 Å². The van der Waals surface area contributed by atoms with Gasteiger partial charge in [-0.15, -0.1) is 0 Å². The summed E-state index contributed by atoms with van der Waals surface area (Å²) in [5, 5.41) is 15.0. The number of methoxy groups -OCH3 is 1. The van der Waals surface area contributed by atoms with E-state index in [0.717, 1.165) is 30.7 Å². The lowest BCUT2D eigenvalue weighted by Crippen LogP contribution is -2.64. The number of carbonyl (C=O) groups is 2. The van der Waals surface area contributed by atoms with E-state index in [4.69, 9.17) is 9.47 Å². The fourth-order valence-corrected chi connectivity index (χ4v) is 4.23. The Kier molecular flexibility index (Phi) is 6.39. The van der Waals surface area contributed by atoms with Crippen LogP contribution in [0.5, 0.6) is 5.75 Å². The number of likely N-dealkylation sites (tertiary alicyclic amines) is 1. The highest BCUT2D eigenvalue weighted by Crippen LogP contribution is 2.33. The number of rotatable bonds is 7. The molecule has 2 heterocycles. The van der Waals surface area contributed by atoms with Gasteiger partial charge < -0.3 is 25.2 Å². The minimum Gasteiger partial charge on any atom is -0.497 e. The van der Waals surface area contributed by atoms with E-state index in [2.05, 4.69) is 15.5 Å². The maximum absolute atomic E-state index is 12.1. The third kappa shape index (κ3) is 4.98. The molecule has 2 aliphatic heterocycles. The molecule has 2 amide bonds. The van der Waals surface area contributed by atoms with Gasteiger partial charge in [-0.1, -0.05) is 18.2 Å². The summed E-state index contributed by atoms with van der Waals surface area (Å²) >= 11 is 0. The number of aromatic carboxylic acids is 1. The van der Waals surface area contributed by atoms with Crippen LogP contribution in [0.4, 0.5) is 10.5 Å².